The van der Waals surface area contributed by atoms with Crippen LogP contribution in [0.4, 0.5) is 5.82 Å². The van der Waals surface area contributed by atoms with Crippen LogP contribution in [0.2, 0.25) is 0 Å². The van der Waals surface area contributed by atoms with Crippen LogP contribution in [-0.2, 0) is 13.0 Å². The molecule has 1 aromatic carbocycles. The van der Waals surface area contributed by atoms with Crippen molar-refractivity contribution in [2.24, 2.45) is 0 Å². The molecule has 0 fully saturated rings. The van der Waals surface area contributed by atoms with E-state index in [4.69, 9.17) is 15.5 Å². The van der Waals surface area contributed by atoms with Crippen molar-refractivity contribution in [1.29, 1.82) is 0 Å². The van der Waals surface area contributed by atoms with Crippen LogP contribution < -0.4 is 10.5 Å². The van der Waals surface area contributed by atoms with Crippen molar-refractivity contribution in [1.82, 2.24) is 9.55 Å². The summed E-state index contributed by atoms with van der Waals surface area (Å²) in [5.74, 6) is 2.69. The zero-order valence-electron chi connectivity index (χ0n) is 12.7. The molecular formula is C16H23N3O. The molecule has 0 saturated carbocycles. The lowest BCUT2D eigenvalue weighted by Gasteiger charge is -2.08. The van der Waals surface area contributed by atoms with E-state index in [1.165, 1.54) is 0 Å². The lowest BCUT2D eigenvalue weighted by molar-refractivity contribution is 0.412. The molecule has 1 heterocycles. The molecule has 0 spiro atoms. The Morgan fingerprint density at radius 1 is 1.30 bits per heavy atom. The van der Waals surface area contributed by atoms with E-state index in [9.17, 15) is 0 Å². The van der Waals surface area contributed by atoms with Gasteiger partial charge in [0.15, 0.2) is 0 Å². The number of ether oxygens (including phenoxy) is 1. The minimum atomic E-state index is 0.758. The normalized spacial score (nSPS) is 10.8. The molecule has 2 N–H and O–H groups in total. The van der Waals surface area contributed by atoms with E-state index in [0.717, 1.165) is 53.6 Å². The first-order valence-corrected chi connectivity index (χ1v) is 7.12. The minimum Gasteiger partial charge on any atom is -0.496 e. The summed E-state index contributed by atoms with van der Waals surface area (Å²) in [5.41, 5.74) is 9.30. The summed E-state index contributed by atoms with van der Waals surface area (Å²) in [6.07, 6.45) is 1.94. The quantitative estimate of drug-likeness (QED) is 0.908. The van der Waals surface area contributed by atoms with Crippen LogP contribution >= 0.6 is 0 Å². The van der Waals surface area contributed by atoms with Gasteiger partial charge in [0, 0.05) is 18.5 Å². The molecule has 2 aromatic rings. The zero-order chi connectivity index (χ0) is 14.7. The second-order valence-corrected chi connectivity index (χ2v) is 4.95. The van der Waals surface area contributed by atoms with E-state index in [1.807, 2.05) is 19.1 Å². The molecular weight excluding hydrogens is 250 g/mol. The molecule has 0 saturated heterocycles. The van der Waals surface area contributed by atoms with Gasteiger partial charge in [0.05, 0.1) is 7.11 Å². The van der Waals surface area contributed by atoms with Gasteiger partial charge in [0.1, 0.15) is 23.1 Å². The number of aryl methyl sites for hydroxylation is 2. The van der Waals surface area contributed by atoms with Crippen molar-refractivity contribution in [3.05, 3.63) is 29.6 Å². The summed E-state index contributed by atoms with van der Waals surface area (Å²) >= 11 is 0. The van der Waals surface area contributed by atoms with Crippen molar-refractivity contribution < 1.29 is 4.74 Å². The Hall–Kier alpha value is -1.97. The van der Waals surface area contributed by atoms with E-state index >= 15 is 0 Å². The van der Waals surface area contributed by atoms with Crippen LogP contribution in [0.1, 0.15) is 31.7 Å². The predicted octanol–water partition coefficient (Wildman–Crippen LogP) is 3.42. The van der Waals surface area contributed by atoms with Crippen molar-refractivity contribution >= 4 is 5.82 Å². The van der Waals surface area contributed by atoms with Crippen molar-refractivity contribution in [2.75, 3.05) is 12.8 Å². The van der Waals surface area contributed by atoms with Gasteiger partial charge in [-0.1, -0.05) is 13.8 Å². The fraction of sp³-hybridized carbons (Fsp3) is 0.438. The Bertz CT molecular complexity index is 602. The highest BCUT2D eigenvalue weighted by atomic mass is 16.5. The van der Waals surface area contributed by atoms with Crippen molar-refractivity contribution in [3.8, 4) is 17.0 Å². The topological polar surface area (TPSA) is 53.1 Å². The Morgan fingerprint density at radius 3 is 2.60 bits per heavy atom. The predicted molar refractivity (Wildman–Crippen MR) is 83.0 cm³/mol. The Labute approximate surface area is 120 Å². The Morgan fingerprint density at radius 2 is 2.05 bits per heavy atom. The first kappa shape index (κ1) is 14.4. The number of anilines is 1. The molecule has 0 radical (unpaired) electrons. The molecule has 1 aromatic heterocycles. The summed E-state index contributed by atoms with van der Waals surface area (Å²) in [6.45, 7) is 7.20. The number of rotatable bonds is 5. The molecule has 0 atom stereocenters. The van der Waals surface area contributed by atoms with Crippen LogP contribution in [0.5, 0.6) is 5.75 Å². The van der Waals surface area contributed by atoms with Crippen molar-refractivity contribution in [3.63, 3.8) is 0 Å². The smallest absolute Gasteiger partial charge is 0.131 e. The summed E-state index contributed by atoms with van der Waals surface area (Å²) in [6, 6.07) is 6.06. The number of aromatic nitrogens is 2. The van der Waals surface area contributed by atoms with Gasteiger partial charge in [-0.25, -0.2) is 4.98 Å². The van der Waals surface area contributed by atoms with Gasteiger partial charge in [0.25, 0.3) is 0 Å². The van der Waals surface area contributed by atoms with Gasteiger partial charge < -0.3 is 15.0 Å². The Balaban J connectivity index is 2.50. The number of hydrogen-bond acceptors (Lipinski definition) is 3. The van der Waals surface area contributed by atoms with Gasteiger partial charge in [0.2, 0.25) is 0 Å². The fourth-order valence-electron chi connectivity index (χ4n) is 2.49. The average Bonchev–Trinajstić information content (AvgIpc) is 2.76. The highest BCUT2D eigenvalue weighted by Gasteiger charge is 2.15. The molecule has 0 aliphatic heterocycles. The highest BCUT2D eigenvalue weighted by molar-refractivity contribution is 5.72. The first-order chi connectivity index (χ1) is 9.62. The summed E-state index contributed by atoms with van der Waals surface area (Å²) in [7, 11) is 1.68. The van der Waals surface area contributed by atoms with Crippen molar-refractivity contribution in [2.45, 2.75) is 40.2 Å². The third-order valence-electron chi connectivity index (χ3n) is 3.52. The third-order valence-corrected chi connectivity index (χ3v) is 3.52. The molecule has 4 heteroatoms. The monoisotopic (exact) mass is 273 g/mol. The SMILES string of the molecule is CCCn1c(CC)nc(-c2ccc(OC)c(C)c2)c1N. The second kappa shape index (κ2) is 5.99. The third kappa shape index (κ3) is 2.50. The lowest BCUT2D eigenvalue weighted by atomic mass is 10.1. The maximum Gasteiger partial charge on any atom is 0.131 e. The number of hydrogen-bond donors (Lipinski definition) is 1. The second-order valence-electron chi connectivity index (χ2n) is 4.95. The van der Waals surface area contributed by atoms with Gasteiger partial charge in [-0.2, -0.15) is 0 Å². The molecule has 0 unspecified atom stereocenters. The molecule has 108 valence electrons. The van der Waals surface area contributed by atoms with E-state index < -0.39 is 0 Å². The largest absolute Gasteiger partial charge is 0.496 e. The van der Waals surface area contributed by atoms with Crippen LogP contribution in [0, 0.1) is 6.92 Å². The summed E-state index contributed by atoms with van der Waals surface area (Å²) in [4.78, 5) is 4.71. The molecule has 0 aliphatic rings. The first-order valence-electron chi connectivity index (χ1n) is 7.12. The van der Waals surface area contributed by atoms with E-state index in [2.05, 4.69) is 24.5 Å². The lowest BCUT2D eigenvalue weighted by Crippen LogP contribution is -2.06. The highest BCUT2D eigenvalue weighted by Crippen LogP contribution is 2.30. The summed E-state index contributed by atoms with van der Waals surface area (Å²) in [5, 5.41) is 0. The molecule has 2 rings (SSSR count). The molecule has 0 bridgehead atoms. The van der Waals surface area contributed by atoms with E-state index in [-0.39, 0.29) is 0 Å². The van der Waals surface area contributed by atoms with Gasteiger partial charge in [-0.05, 0) is 37.1 Å². The van der Waals surface area contributed by atoms with E-state index in [0.29, 0.717) is 0 Å². The number of nitrogens with two attached hydrogens (primary N) is 1. The fourth-order valence-corrected chi connectivity index (χ4v) is 2.49. The molecule has 0 amide bonds. The number of nitrogen functional groups attached to an aromatic ring is 1. The van der Waals surface area contributed by atoms with Gasteiger partial charge in [-0.15, -0.1) is 0 Å². The zero-order valence-corrected chi connectivity index (χ0v) is 12.7. The number of methoxy groups -OCH3 is 1. The van der Waals surface area contributed by atoms with E-state index in [1.54, 1.807) is 7.11 Å². The number of imidazole rings is 1. The Kier molecular flexibility index (Phi) is 4.32. The van der Waals surface area contributed by atoms with Crippen LogP contribution in [-0.4, -0.2) is 16.7 Å². The van der Waals surface area contributed by atoms with Gasteiger partial charge in [-0.3, -0.25) is 0 Å². The standard InChI is InChI=1S/C16H23N3O/c1-5-9-19-14(6-2)18-15(16(19)17)12-7-8-13(20-4)11(3)10-12/h7-8,10H,5-6,9,17H2,1-4H3. The number of nitrogens with zero attached hydrogens (tertiary/aromatic N) is 2. The van der Waals surface area contributed by atoms with Crippen LogP contribution in [0.25, 0.3) is 11.3 Å². The molecule has 0 aliphatic carbocycles. The number of benzene rings is 1. The minimum absolute atomic E-state index is 0.758. The van der Waals surface area contributed by atoms with Gasteiger partial charge >= 0.3 is 0 Å². The average molecular weight is 273 g/mol. The maximum absolute atomic E-state index is 6.29. The molecule has 20 heavy (non-hydrogen) atoms. The maximum atomic E-state index is 6.29. The molecule has 4 nitrogen and oxygen atoms in total. The summed E-state index contributed by atoms with van der Waals surface area (Å²) < 4.78 is 7.42. The van der Waals surface area contributed by atoms with Crippen LogP contribution in [0.3, 0.4) is 0 Å². The van der Waals surface area contributed by atoms with Crippen LogP contribution in [0.15, 0.2) is 18.2 Å².